The zero-order valence-corrected chi connectivity index (χ0v) is 21.4. The van der Waals surface area contributed by atoms with Gasteiger partial charge in [0, 0.05) is 24.7 Å². The highest BCUT2D eigenvalue weighted by Gasteiger charge is 2.24. The van der Waals surface area contributed by atoms with Gasteiger partial charge in [-0.2, -0.15) is 4.31 Å². The van der Waals surface area contributed by atoms with Gasteiger partial charge in [-0.15, -0.1) is 5.10 Å². The molecule has 0 spiro atoms. The molecule has 0 aliphatic rings. The summed E-state index contributed by atoms with van der Waals surface area (Å²) in [5.74, 6) is 0.680. The van der Waals surface area contributed by atoms with Crippen molar-refractivity contribution >= 4 is 21.9 Å². The number of carbonyl (C=O) groups is 1. The number of benzene rings is 3. The van der Waals surface area contributed by atoms with Gasteiger partial charge in [0.1, 0.15) is 11.5 Å². The lowest BCUT2D eigenvalue weighted by Gasteiger charge is -2.20. The highest BCUT2D eigenvalue weighted by atomic mass is 32.2. The van der Waals surface area contributed by atoms with Crippen LogP contribution >= 0.6 is 0 Å². The number of ether oxygens (including phenoxy) is 2. The Morgan fingerprint density at radius 2 is 1.70 bits per heavy atom. The number of amides is 1. The van der Waals surface area contributed by atoms with Gasteiger partial charge in [0.2, 0.25) is 10.0 Å². The normalized spacial score (nSPS) is 11.4. The molecular formula is C26H26N4O6S. The summed E-state index contributed by atoms with van der Waals surface area (Å²) >= 11 is 0. The molecule has 37 heavy (non-hydrogen) atoms. The lowest BCUT2D eigenvalue weighted by molar-refractivity contribution is 0.102. The molecule has 0 atom stereocenters. The molecule has 4 aromatic rings. The van der Waals surface area contributed by atoms with Crippen molar-refractivity contribution in [3.8, 4) is 23.0 Å². The van der Waals surface area contributed by atoms with Crippen LogP contribution in [0.1, 0.15) is 22.8 Å². The smallest absolute Gasteiger partial charge is 0.322 e. The van der Waals surface area contributed by atoms with E-state index in [0.717, 1.165) is 5.56 Å². The number of methoxy groups -OCH3 is 2. The van der Waals surface area contributed by atoms with E-state index in [1.54, 1.807) is 32.2 Å². The summed E-state index contributed by atoms with van der Waals surface area (Å²) in [6.07, 6.45) is 0. The van der Waals surface area contributed by atoms with Crippen molar-refractivity contribution in [3.05, 3.63) is 83.9 Å². The van der Waals surface area contributed by atoms with E-state index in [1.807, 2.05) is 30.3 Å². The molecule has 4 rings (SSSR count). The lowest BCUT2D eigenvalue weighted by atomic mass is 10.2. The molecule has 0 aliphatic heterocycles. The molecule has 3 aromatic carbocycles. The van der Waals surface area contributed by atoms with E-state index in [1.165, 1.54) is 35.7 Å². The average molecular weight is 523 g/mol. The van der Waals surface area contributed by atoms with E-state index in [4.69, 9.17) is 13.9 Å². The first-order chi connectivity index (χ1) is 17.8. The Bertz CT molecular complexity index is 1470. The number of sulfonamides is 1. The molecule has 0 aliphatic carbocycles. The Kier molecular flexibility index (Phi) is 7.85. The fourth-order valence-corrected chi connectivity index (χ4v) is 5.05. The van der Waals surface area contributed by atoms with E-state index in [2.05, 4.69) is 15.5 Å². The maximum atomic E-state index is 13.1. The fraction of sp³-hybridized carbons (Fsp3) is 0.192. The fourth-order valence-electron chi connectivity index (χ4n) is 3.61. The topological polar surface area (TPSA) is 124 Å². The predicted molar refractivity (Wildman–Crippen MR) is 137 cm³/mol. The van der Waals surface area contributed by atoms with Gasteiger partial charge in [-0.25, -0.2) is 8.42 Å². The monoisotopic (exact) mass is 522 g/mol. The predicted octanol–water partition coefficient (Wildman–Crippen LogP) is 4.22. The van der Waals surface area contributed by atoms with E-state index < -0.39 is 15.9 Å². The number of carbonyl (C=O) groups excluding carboxylic acids is 1. The van der Waals surface area contributed by atoms with Gasteiger partial charge in [-0.3, -0.25) is 10.1 Å². The Hall–Kier alpha value is -4.22. The minimum atomic E-state index is -3.75. The minimum absolute atomic E-state index is 0.0912. The van der Waals surface area contributed by atoms with Crippen LogP contribution in [0.5, 0.6) is 11.5 Å². The van der Waals surface area contributed by atoms with Crippen LogP contribution < -0.4 is 14.8 Å². The first kappa shape index (κ1) is 25.9. The molecule has 10 nitrogen and oxygen atoms in total. The van der Waals surface area contributed by atoms with Crippen molar-refractivity contribution in [2.24, 2.45) is 0 Å². The van der Waals surface area contributed by atoms with Gasteiger partial charge in [-0.05, 0) is 42.0 Å². The molecule has 0 saturated carbocycles. The molecule has 11 heteroatoms. The van der Waals surface area contributed by atoms with Gasteiger partial charge in [0.25, 0.3) is 11.8 Å². The number of hydrogen-bond acceptors (Lipinski definition) is 8. The second-order valence-electron chi connectivity index (χ2n) is 7.87. The number of anilines is 1. The molecule has 0 saturated heterocycles. The van der Waals surface area contributed by atoms with E-state index in [9.17, 15) is 13.2 Å². The van der Waals surface area contributed by atoms with Crippen LogP contribution in [0, 0.1) is 0 Å². The number of rotatable bonds is 10. The third kappa shape index (κ3) is 5.79. The Morgan fingerprint density at radius 1 is 0.973 bits per heavy atom. The van der Waals surface area contributed by atoms with Gasteiger partial charge >= 0.3 is 6.01 Å². The van der Waals surface area contributed by atoms with Crippen molar-refractivity contribution in [1.29, 1.82) is 0 Å². The highest BCUT2D eigenvalue weighted by Crippen LogP contribution is 2.33. The van der Waals surface area contributed by atoms with Crippen LogP contribution in [0.3, 0.4) is 0 Å². The van der Waals surface area contributed by atoms with Crippen LogP contribution in [-0.4, -0.2) is 49.6 Å². The summed E-state index contributed by atoms with van der Waals surface area (Å²) in [6.45, 7) is 2.33. The second kappa shape index (κ2) is 11.2. The molecule has 1 amide bonds. The SMILES string of the molecule is CCN(Cc1ccccc1)S(=O)(=O)c1ccc(C(=O)Nc2nnc(-c3ccc(OC)cc3OC)o2)cc1. The van der Waals surface area contributed by atoms with Crippen molar-refractivity contribution in [1.82, 2.24) is 14.5 Å². The zero-order chi connectivity index (χ0) is 26.4. The highest BCUT2D eigenvalue weighted by molar-refractivity contribution is 7.89. The maximum absolute atomic E-state index is 13.1. The van der Waals surface area contributed by atoms with Crippen LogP contribution in [0.4, 0.5) is 6.01 Å². The summed E-state index contributed by atoms with van der Waals surface area (Å²) in [4.78, 5) is 12.8. The number of nitrogens with one attached hydrogen (secondary N) is 1. The Balaban J connectivity index is 1.47. The largest absolute Gasteiger partial charge is 0.497 e. The molecule has 0 fully saturated rings. The number of nitrogens with zero attached hydrogens (tertiary/aromatic N) is 3. The third-order valence-electron chi connectivity index (χ3n) is 5.59. The number of hydrogen-bond donors (Lipinski definition) is 1. The first-order valence-corrected chi connectivity index (χ1v) is 12.8. The van der Waals surface area contributed by atoms with Crippen LogP contribution in [0.2, 0.25) is 0 Å². The molecule has 1 heterocycles. The van der Waals surface area contributed by atoms with E-state index in [0.29, 0.717) is 23.6 Å². The zero-order valence-electron chi connectivity index (χ0n) is 20.5. The van der Waals surface area contributed by atoms with Gasteiger partial charge in [0.05, 0.1) is 24.7 Å². The minimum Gasteiger partial charge on any atom is -0.497 e. The molecule has 0 unspecified atom stereocenters. The third-order valence-corrected chi connectivity index (χ3v) is 7.53. The van der Waals surface area contributed by atoms with E-state index >= 15 is 0 Å². The molecule has 0 radical (unpaired) electrons. The Labute approximate surface area is 214 Å². The molecule has 1 N–H and O–H groups in total. The lowest BCUT2D eigenvalue weighted by Crippen LogP contribution is -2.30. The summed E-state index contributed by atoms with van der Waals surface area (Å²) in [7, 11) is -0.704. The maximum Gasteiger partial charge on any atom is 0.322 e. The summed E-state index contributed by atoms with van der Waals surface area (Å²) in [5, 5.41) is 10.4. The van der Waals surface area contributed by atoms with Crippen molar-refractivity contribution < 1.29 is 27.1 Å². The van der Waals surface area contributed by atoms with Crippen molar-refractivity contribution in [2.75, 3.05) is 26.1 Å². The van der Waals surface area contributed by atoms with Gasteiger partial charge < -0.3 is 13.9 Å². The van der Waals surface area contributed by atoms with Crippen LogP contribution in [0.25, 0.3) is 11.5 Å². The summed E-state index contributed by atoms with van der Waals surface area (Å²) < 4.78 is 43.8. The average Bonchev–Trinajstić information content (AvgIpc) is 3.39. The summed E-state index contributed by atoms with van der Waals surface area (Å²) in [6, 6.07) is 20.0. The van der Waals surface area contributed by atoms with Gasteiger partial charge in [0.15, 0.2) is 0 Å². The quantitative estimate of drug-likeness (QED) is 0.328. The second-order valence-corrected chi connectivity index (χ2v) is 9.81. The molecule has 192 valence electrons. The van der Waals surface area contributed by atoms with Gasteiger partial charge in [-0.1, -0.05) is 42.4 Å². The van der Waals surface area contributed by atoms with Crippen molar-refractivity contribution in [2.45, 2.75) is 18.4 Å². The molecular weight excluding hydrogens is 496 g/mol. The molecule has 1 aromatic heterocycles. The van der Waals surface area contributed by atoms with Crippen LogP contribution in [0.15, 0.2) is 82.1 Å². The first-order valence-electron chi connectivity index (χ1n) is 11.4. The van der Waals surface area contributed by atoms with Crippen LogP contribution in [-0.2, 0) is 16.6 Å². The standard InChI is InChI=1S/C26H26N4O6S/c1-4-30(17-18-8-6-5-7-9-18)37(32,33)21-13-10-19(11-14-21)24(31)27-26-29-28-25(36-26)22-15-12-20(34-2)16-23(22)35-3/h5-16H,4,17H2,1-3H3,(H,27,29,31). The van der Waals surface area contributed by atoms with E-state index in [-0.39, 0.29) is 28.9 Å². The Morgan fingerprint density at radius 3 is 2.35 bits per heavy atom. The molecule has 0 bridgehead atoms. The number of aromatic nitrogens is 2. The summed E-state index contributed by atoms with van der Waals surface area (Å²) in [5.41, 5.74) is 1.64. The van der Waals surface area contributed by atoms with Crippen molar-refractivity contribution in [3.63, 3.8) is 0 Å².